The molecule has 0 saturated carbocycles. The molecular weight excluding hydrogens is 541 g/mol. The fraction of sp³-hybridized carbons (Fsp3) is 0.400. The van der Waals surface area contributed by atoms with Gasteiger partial charge in [-0.3, -0.25) is 9.30 Å². The Labute approximate surface area is 242 Å². The predicted octanol–water partition coefficient (Wildman–Crippen LogP) is 3.41. The highest BCUT2D eigenvalue weighted by Gasteiger charge is 2.26. The van der Waals surface area contributed by atoms with Crippen molar-refractivity contribution in [1.82, 2.24) is 23.8 Å². The molecule has 6 rings (SSSR count). The van der Waals surface area contributed by atoms with E-state index in [1.54, 1.807) is 31.3 Å². The van der Waals surface area contributed by atoms with Crippen molar-refractivity contribution in [2.24, 2.45) is 0 Å². The van der Waals surface area contributed by atoms with Crippen LogP contribution in [0.2, 0.25) is 0 Å². The van der Waals surface area contributed by atoms with E-state index in [2.05, 4.69) is 24.3 Å². The molecule has 0 aliphatic carbocycles. The first kappa shape index (κ1) is 27.7. The Bertz CT molecular complexity index is 1620. The van der Waals surface area contributed by atoms with Gasteiger partial charge in [-0.1, -0.05) is 12.1 Å². The number of pyridine rings is 1. The van der Waals surface area contributed by atoms with E-state index in [0.717, 1.165) is 50.7 Å². The molecule has 11 nitrogen and oxygen atoms in total. The highest BCUT2D eigenvalue weighted by molar-refractivity contribution is 5.88. The number of nitrogens with zero attached hydrogens (tertiary/aromatic N) is 7. The van der Waals surface area contributed by atoms with Crippen LogP contribution >= 0.6 is 0 Å². The van der Waals surface area contributed by atoms with Crippen molar-refractivity contribution in [3.63, 3.8) is 0 Å². The molecule has 5 heterocycles. The van der Waals surface area contributed by atoms with E-state index in [1.807, 2.05) is 28.8 Å². The highest BCUT2D eigenvalue weighted by atomic mass is 19.1. The van der Waals surface area contributed by atoms with Crippen molar-refractivity contribution in [1.29, 1.82) is 5.26 Å². The number of rotatable bonds is 10. The number of nitriles is 1. The Kier molecular flexibility index (Phi) is 8.03. The first-order valence-corrected chi connectivity index (χ1v) is 14.1. The average Bonchev–Trinajstić information content (AvgIpc) is 3.54. The number of piperazine rings is 1. The number of hydrogen-bond donors (Lipinski definition) is 0. The number of hydrogen-bond acceptors (Lipinski definition) is 9. The maximum atomic E-state index is 14.2. The maximum Gasteiger partial charge on any atom is 0.357 e. The summed E-state index contributed by atoms with van der Waals surface area (Å²) in [4.78, 5) is 26.3. The smallest absolute Gasteiger partial charge is 0.357 e. The summed E-state index contributed by atoms with van der Waals surface area (Å²) in [6, 6.07) is 11.8. The molecule has 2 saturated heterocycles. The summed E-state index contributed by atoms with van der Waals surface area (Å²) in [7, 11) is 0. The van der Waals surface area contributed by atoms with Crippen molar-refractivity contribution in [3.05, 3.63) is 77.1 Å². The first-order chi connectivity index (χ1) is 20.5. The van der Waals surface area contributed by atoms with Crippen LogP contribution < -0.4 is 9.64 Å². The van der Waals surface area contributed by atoms with Gasteiger partial charge in [0.05, 0.1) is 42.8 Å². The van der Waals surface area contributed by atoms with Gasteiger partial charge in [-0.15, -0.1) is 0 Å². The van der Waals surface area contributed by atoms with Crippen molar-refractivity contribution in [2.45, 2.75) is 39.1 Å². The molecule has 218 valence electrons. The summed E-state index contributed by atoms with van der Waals surface area (Å²) >= 11 is 0. The van der Waals surface area contributed by atoms with Crippen molar-refractivity contribution in [3.8, 4) is 11.9 Å². The van der Waals surface area contributed by atoms with Crippen LogP contribution in [0.25, 0.3) is 5.78 Å². The zero-order valence-electron chi connectivity index (χ0n) is 23.4. The quantitative estimate of drug-likeness (QED) is 0.264. The number of esters is 1. The van der Waals surface area contributed by atoms with Gasteiger partial charge in [-0.25, -0.2) is 14.2 Å². The molecule has 0 radical (unpaired) electrons. The summed E-state index contributed by atoms with van der Waals surface area (Å²) in [6.07, 6.45) is 4.71. The predicted molar refractivity (Wildman–Crippen MR) is 151 cm³/mol. The second-order valence-electron chi connectivity index (χ2n) is 10.4. The van der Waals surface area contributed by atoms with E-state index >= 15 is 0 Å². The Morgan fingerprint density at radius 1 is 1.21 bits per heavy atom. The van der Waals surface area contributed by atoms with E-state index in [9.17, 15) is 9.18 Å². The second kappa shape index (κ2) is 12.2. The number of imidazole rings is 2. The fourth-order valence-electron chi connectivity index (χ4n) is 5.25. The van der Waals surface area contributed by atoms with E-state index in [-0.39, 0.29) is 24.2 Å². The third-order valence-electron chi connectivity index (χ3n) is 7.66. The summed E-state index contributed by atoms with van der Waals surface area (Å²) in [5.41, 5.74) is 2.12. The first-order valence-electron chi connectivity index (χ1n) is 14.1. The van der Waals surface area contributed by atoms with E-state index in [1.165, 1.54) is 6.07 Å². The topological polar surface area (TPSA) is 110 Å². The third-order valence-corrected chi connectivity index (χ3v) is 7.66. The van der Waals surface area contributed by atoms with Crippen LogP contribution in [-0.2, 0) is 29.2 Å². The van der Waals surface area contributed by atoms with Crippen LogP contribution in [0.5, 0.6) is 5.88 Å². The molecule has 0 amide bonds. The van der Waals surface area contributed by atoms with Crippen LogP contribution in [0.1, 0.15) is 40.7 Å². The van der Waals surface area contributed by atoms with E-state index in [4.69, 9.17) is 19.5 Å². The van der Waals surface area contributed by atoms with Crippen LogP contribution in [0.15, 0.2) is 48.8 Å². The van der Waals surface area contributed by atoms with Gasteiger partial charge in [-0.05, 0) is 31.5 Å². The Hall–Kier alpha value is -4.47. The van der Waals surface area contributed by atoms with E-state index in [0.29, 0.717) is 42.6 Å². The SMILES string of the molecule is CCOC(=O)c1cnc2n(CC3CCO3)c(CN3CCN(c4cccc(OCc5ccc(C#N)cc5F)n4)CC3)cn12. The third kappa shape index (κ3) is 5.79. The minimum Gasteiger partial charge on any atom is -0.473 e. The lowest BCUT2D eigenvalue weighted by Crippen LogP contribution is -2.46. The molecule has 0 spiro atoms. The van der Waals surface area contributed by atoms with Gasteiger partial charge >= 0.3 is 5.97 Å². The standard InChI is InChI=1S/C30H32FN7O4/c1-2-40-29(39)26-16-33-30-37(19-24-8-13-41-24)23(18-38(26)30)17-35-9-11-36(12-10-35)27-4-3-5-28(34-27)42-20-22-7-6-21(15-32)14-25(22)31/h3-7,14,16,18,24H,2,8-13,17,19-20H2,1H3. The largest absolute Gasteiger partial charge is 0.473 e. The molecule has 12 heteroatoms. The van der Waals surface area contributed by atoms with E-state index < -0.39 is 5.82 Å². The van der Waals surface area contributed by atoms with Gasteiger partial charge in [0.2, 0.25) is 11.7 Å². The number of carbonyl (C=O) groups is 1. The van der Waals surface area contributed by atoms with Gasteiger partial charge in [0.25, 0.3) is 0 Å². The van der Waals surface area contributed by atoms with Gasteiger partial charge < -0.3 is 23.7 Å². The van der Waals surface area contributed by atoms with Crippen molar-refractivity contribution >= 4 is 17.6 Å². The molecule has 2 fully saturated rings. The Morgan fingerprint density at radius 3 is 2.76 bits per heavy atom. The fourth-order valence-corrected chi connectivity index (χ4v) is 5.25. The van der Waals surface area contributed by atoms with Crippen molar-refractivity contribution < 1.29 is 23.4 Å². The molecule has 2 aliphatic rings. The zero-order valence-corrected chi connectivity index (χ0v) is 23.4. The molecule has 1 aromatic carbocycles. The van der Waals surface area contributed by atoms with Crippen LogP contribution in [-0.4, -0.2) is 75.3 Å². The Balaban J connectivity index is 1.10. The molecule has 3 aromatic heterocycles. The number of ether oxygens (including phenoxy) is 3. The average molecular weight is 574 g/mol. The molecule has 1 unspecified atom stereocenters. The van der Waals surface area contributed by atoms with Gasteiger partial charge in [0, 0.05) is 57.2 Å². The maximum absolute atomic E-state index is 14.2. The summed E-state index contributed by atoms with van der Waals surface area (Å²) < 4.78 is 34.9. The number of halogens is 1. The summed E-state index contributed by atoms with van der Waals surface area (Å²) in [6.45, 7) is 7.48. The van der Waals surface area contributed by atoms with Gasteiger partial charge in [0.15, 0.2) is 5.69 Å². The molecule has 42 heavy (non-hydrogen) atoms. The van der Waals surface area contributed by atoms with Crippen LogP contribution in [0, 0.1) is 17.1 Å². The summed E-state index contributed by atoms with van der Waals surface area (Å²) in [5.74, 6) is 1.07. The van der Waals surface area contributed by atoms with Gasteiger partial charge in [0.1, 0.15) is 18.2 Å². The lowest BCUT2D eigenvalue weighted by molar-refractivity contribution is -0.0592. The van der Waals surface area contributed by atoms with Crippen molar-refractivity contribution in [2.75, 3.05) is 44.3 Å². The molecule has 4 aromatic rings. The minimum atomic E-state index is -0.474. The molecule has 0 N–H and O–H groups in total. The van der Waals surface area contributed by atoms with Crippen LogP contribution in [0.3, 0.4) is 0 Å². The highest BCUT2D eigenvalue weighted by Crippen LogP contribution is 2.23. The number of carbonyl (C=O) groups excluding carboxylic acids is 1. The normalized spacial score (nSPS) is 17.2. The summed E-state index contributed by atoms with van der Waals surface area (Å²) in [5, 5.41) is 8.94. The minimum absolute atomic E-state index is 0.0225. The molecule has 0 bridgehead atoms. The number of anilines is 1. The second-order valence-corrected chi connectivity index (χ2v) is 10.4. The number of fused-ring (bicyclic) bond motifs is 1. The monoisotopic (exact) mass is 573 g/mol. The number of aromatic nitrogens is 4. The molecule has 1 atom stereocenters. The van der Waals surface area contributed by atoms with Crippen LogP contribution in [0.4, 0.5) is 10.2 Å². The molecule has 2 aliphatic heterocycles. The lowest BCUT2D eigenvalue weighted by atomic mass is 10.1. The van der Waals surface area contributed by atoms with Gasteiger partial charge in [-0.2, -0.15) is 10.2 Å². The zero-order chi connectivity index (χ0) is 29.1. The Morgan fingerprint density at radius 2 is 2.05 bits per heavy atom. The molecular formula is C30H32FN7O4. The lowest BCUT2D eigenvalue weighted by Gasteiger charge is -2.35. The number of benzene rings is 1.